The Morgan fingerprint density at radius 3 is 2.04 bits per heavy atom. The molecule has 0 aliphatic heterocycles. The van der Waals surface area contributed by atoms with Crippen LogP contribution < -0.4 is 10.1 Å². The number of benzene rings is 3. The first-order valence-electron chi connectivity index (χ1n) is 15.1. The molecule has 0 unspecified atom stereocenters. The molecule has 244 valence electrons. The van der Waals surface area contributed by atoms with E-state index in [1.807, 2.05) is 42.7 Å². The number of nitrogens with zero attached hydrogens (tertiary/aromatic N) is 1. The first-order valence-corrected chi connectivity index (χ1v) is 15.1. The highest BCUT2D eigenvalue weighted by molar-refractivity contribution is 6.05. The molecule has 4 rings (SSSR count). The monoisotopic (exact) mass is 634 g/mol. The van der Waals surface area contributed by atoms with Gasteiger partial charge in [-0.2, -0.15) is 0 Å². The number of carbonyl (C=O) groups excluding carboxylic acids is 2. The third-order valence-corrected chi connectivity index (χ3v) is 7.78. The van der Waals surface area contributed by atoms with Gasteiger partial charge < -0.3 is 29.6 Å². The largest absolute Gasteiger partial charge is 0.497 e. The summed E-state index contributed by atoms with van der Waals surface area (Å²) in [6.07, 6.45) is -1.91. The predicted molar refractivity (Wildman–Crippen MR) is 171 cm³/mol. The number of aliphatic hydroxyl groups excluding tert-OH is 2. The van der Waals surface area contributed by atoms with E-state index >= 15 is 0 Å². The second-order valence-electron chi connectivity index (χ2n) is 11.4. The summed E-state index contributed by atoms with van der Waals surface area (Å²) in [5, 5.41) is 24.2. The van der Waals surface area contributed by atoms with Crippen molar-refractivity contribution in [3.63, 3.8) is 0 Å². The number of methoxy groups -OCH3 is 2. The van der Waals surface area contributed by atoms with Crippen LogP contribution in [0.25, 0.3) is 22.3 Å². The number of ether oxygens (including phenoxy) is 2. The second-order valence-corrected chi connectivity index (χ2v) is 11.4. The van der Waals surface area contributed by atoms with Crippen LogP contribution in [-0.2, 0) is 22.5 Å². The van der Waals surface area contributed by atoms with Crippen LogP contribution in [-0.4, -0.2) is 53.1 Å². The molecule has 0 saturated carbocycles. The molecular formula is C36H40F2N2O6. The molecule has 46 heavy (non-hydrogen) atoms. The Balaban J connectivity index is 1.84. The number of amides is 1. The van der Waals surface area contributed by atoms with Crippen LogP contribution in [0.15, 0.2) is 72.8 Å². The highest BCUT2D eigenvalue weighted by Crippen LogP contribution is 2.42. The van der Waals surface area contributed by atoms with Crippen LogP contribution in [0.4, 0.5) is 8.78 Å². The molecule has 0 fully saturated rings. The molecule has 3 N–H and O–H groups in total. The molecule has 0 aliphatic rings. The molecular weight excluding hydrogens is 594 g/mol. The van der Waals surface area contributed by atoms with Gasteiger partial charge in [-0.05, 0) is 86.2 Å². The van der Waals surface area contributed by atoms with Gasteiger partial charge in [0.15, 0.2) is 0 Å². The molecule has 3 aromatic carbocycles. The van der Waals surface area contributed by atoms with Gasteiger partial charge in [0, 0.05) is 29.4 Å². The van der Waals surface area contributed by atoms with Crippen molar-refractivity contribution in [3.8, 4) is 28.0 Å². The molecule has 0 aliphatic carbocycles. The molecule has 0 spiro atoms. The summed E-state index contributed by atoms with van der Waals surface area (Å²) in [7, 11) is 2.79. The number of carbonyl (C=O) groups is 2. The first-order chi connectivity index (χ1) is 22.0. The third-order valence-electron chi connectivity index (χ3n) is 7.78. The summed E-state index contributed by atoms with van der Waals surface area (Å²) in [6.45, 7) is 4.07. The van der Waals surface area contributed by atoms with Gasteiger partial charge in [0.05, 0.1) is 32.8 Å². The lowest BCUT2D eigenvalue weighted by molar-refractivity contribution is -0.143. The maximum Gasteiger partial charge on any atom is 0.308 e. The van der Waals surface area contributed by atoms with Crippen molar-refractivity contribution in [1.29, 1.82) is 0 Å². The maximum atomic E-state index is 14.2. The fourth-order valence-corrected chi connectivity index (χ4v) is 5.64. The number of rotatable bonds is 14. The molecule has 1 aromatic heterocycles. The van der Waals surface area contributed by atoms with Crippen molar-refractivity contribution in [1.82, 2.24) is 9.88 Å². The molecule has 2 atom stereocenters. The van der Waals surface area contributed by atoms with E-state index in [1.54, 1.807) is 31.4 Å². The summed E-state index contributed by atoms with van der Waals surface area (Å²) < 4.78 is 40.1. The van der Waals surface area contributed by atoms with Gasteiger partial charge in [0.1, 0.15) is 23.1 Å². The van der Waals surface area contributed by atoms with Crippen molar-refractivity contribution in [2.75, 3.05) is 14.2 Å². The predicted octanol–water partition coefficient (Wildman–Crippen LogP) is 6.23. The number of hydrogen-bond donors (Lipinski definition) is 3. The van der Waals surface area contributed by atoms with E-state index in [9.17, 15) is 28.6 Å². The van der Waals surface area contributed by atoms with Gasteiger partial charge in [-0.25, -0.2) is 8.78 Å². The smallest absolute Gasteiger partial charge is 0.308 e. The average Bonchev–Trinajstić information content (AvgIpc) is 3.38. The Morgan fingerprint density at radius 1 is 0.870 bits per heavy atom. The number of nitrogens with one attached hydrogen (secondary N) is 1. The Bertz CT molecular complexity index is 1630. The van der Waals surface area contributed by atoms with Gasteiger partial charge in [-0.1, -0.05) is 36.4 Å². The Labute approximate surface area is 267 Å². The highest BCUT2D eigenvalue weighted by Gasteiger charge is 2.30. The summed E-state index contributed by atoms with van der Waals surface area (Å²) in [6, 6.07) is 18.9. The standard InChI is InChI=1S/C36H40F2N2O6/c1-22(2)40-31(17-16-28(41)19-29(42)20-32(43)46-4)33(24-8-12-26(37)13-9-24)34(25-10-14-27(38)15-11-25)35(40)36(44)39-21-23-6-5-7-30(18-23)45-3/h5-15,18,22,28-29,41-42H,16-17,19-21H2,1-4H3,(H,39,44)/t28-,29-/m1/s1. The van der Waals surface area contributed by atoms with Crippen molar-refractivity contribution in [2.45, 2.75) is 64.3 Å². The van der Waals surface area contributed by atoms with Crippen molar-refractivity contribution < 1.29 is 38.1 Å². The fraction of sp³-hybridized carbons (Fsp3) is 0.333. The quantitative estimate of drug-likeness (QED) is 0.142. The van der Waals surface area contributed by atoms with E-state index < -0.39 is 29.8 Å². The normalized spacial score (nSPS) is 12.5. The molecule has 10 heteroatoms. The van der Waals surface area contributed by atoms with Crippen LogP contribution in [0.5, 0.6) is 5.75 Å². The first kappa shape index (κ1) is 34.3. The number of aromatic nitrogens is 1. The average molecular weight is 635 g/mol. The summed E-state index contributed by atoms with van der Waals surface area (Å²) in [5.41, 5.74) is 4.27. The van der Waals surface area contributed by atoms with E-state index in [-0.39, 0.29) is 44.2 Å². The van der Waals surface area contributed by atoms with Gasteiger partial charge in [-0.3, -0.25) is 9.59 Å². The Morgan fingerprint density at radius 2 is 1.48 bits per heavy atom. The maximum absolute atomic E-state index is 14.2. The van der Waals surface area contributed by atoms with E-state index in [0.29, 0.717) is 39.4 Å². The second kappa shape index (κ2) is 15.6. The molecule has 0 saturated heterocycles. The van der Waals surface area contributed by atoms with Crippen LogP contribution >= 0.6 is 0 Å². The van der Waals surface area contributed by atoms with E-state index in [2.05, 4.69) is 10.1 Å². The minimum Gasteiger partial charge on any atom is -0.497 e. The van der Waals surface area contributed by atoms with Crippen LogP contribution in [0.2, 0.25) is 0 Å². The lowest BCUT2D eigenvalue weighted by Gasteiger charge is -2.20. The lowest BCUT2D eigenvalue weighted by atomic mass is 9.92. The molecule has 0 bridgehead atoms. The topological polar surface area (TPSA) is 110 Å². The minimum absolute atomic E-state index is 0.0535. The summed E-state index contributed by atoms with van der Waals surface area (Å²) in [4.78, 5) is 25.8. The Hall–Kier alpha value is -4.54. The van der Waals surface area contributed by atoms with Crippen molar-refractivity contribution >= 4 is 11.9 Å². The van der Waals surface area contributed by atoms with Crippen molar-refractivity contribution in [2.24, 2.45) is 0 Å². The molecule has 8 nitrogen and oxygen atoms in total. The molecule has 1 heterocycles. The minimum atomic E-state index is -1.09. The van der Waals surface area contributed by atoms with E-state index in [1.165, 1.54) is 31.4 Å². The third kappa shape index (κ3) is 8.38. The van der Waals surface area contributed by atoms with Crippen LogP contribution in [0, 0.1) is 11.6 Å². The van der Waals surface area contributed by atoms with Crippen LogP contribution in [0.1, 0.15) is 60.9 Å². The van der Waals surface area contributed by atoms with Gasteiger partial charge >= 0.3 is 5.97 Å². The van der Waals surface area contributed by atoms with E-state index in [0.717, 1.165) is 5.56 Å². The number of esters is 1. The SMILES string of the molecule is COC(=O)C[C@H](O)C[C@H](O)CCc1c(-c2ccc(F)cc2)c(-c2ccc(F)cc2)c(C(=O)NCc2cccc(OC)c2)n1C(C)C. The van der Waals surface area contributed by atoms with Gasteiger partial charge in [0.2, 0.25) is 0 Å². The molecule has 1 amide bonds. The zero-order valence-electron chi connectivity index (χ0n) is 26.4. The summed E-state index contributed by atoms with van der Waals surface area (Å²) in [5.74, 6) is -1.17. The highest BCUT2D eigenvalue weighted by atomic mass is 19.1. The molecule has 4 aromatic rings. The van der Waals surface area contributed by atoms with Gasteiger partial charge in [0.25, 0.3) is 5.91 Å². The van der Waals surface area contributed by atoms with E-state index in [4.69, 9.17) is 4.74 Å². The van der Waals surface area contributed by atoms with Crippen molar-refractivity contribution in [3.05, 3.63) is 101 Å². The zero-order valence-corrected chi connectivity index (χ0v) is 26.4. The number of hydrogen-bond acceptors (Lipinski definition) is 6. The Kier molecular flexibility index (Phi) is 11.7. The summed E-state index contributed by atoms with van der Waals surface area (Å²) >= 11 is 0. The van der Waals surface area contributed by atoms with Crippen LogP contribution in [0.3, 0.4) is 0 Å². The fourth-order valence-electron chi connectivity index (χ4n) is 5.64. The lowest BCUT2D eigenvalue weighted by Crippen LogP contribution is -2.27. The van der Waals surface area contributed by atoms with Gasteiger partial charge in [-0.15, -0.1) is 0 Å². The number of halogens is 2. The number of aliphatic hydroxyl groups is 2. The zero-order chi connectivity index (χ0) is 33.4. The molecule has 0 radical (unpaired) electrons.